The molecule has 3 heterocycles. The normalized spacial score (nSPS) is 15.8. The summed E-state index contributed by atoms with van der Waals surface area (Å²) < 4.78 is 20.0. The molecule has 0 saturated heterocycles. The van der Waals surface area contributed by atoms with Crippen LogP contribution in [0.1, 0.15) is 54.7 Å². The summed E-state index contributed by atoms with van der Waals surface area (Å²) in [5, 5.41) is 5.89. The Balaban J connectivity index is 1.81. The zero-order valence-electron chi connectivity index (χ0n) is 19.5. The van der Waals surface area contributed by atoms with Crippen molar-refractivity contribution in [3.63, 3.8) is 0 Å². The highest BCUT2D eigenvalue weighted by molar-refractivity contribution is 6.26. The van der Waals surface area contributed by atoms with Gasteiger partial charge in [0.25, 0.3) is 0 Å². The number of aromatic nitrogens is 2. The molecule has 33 heavy (non-hydrogen) atoms. The second-order valence-electron chi connectivity index (χ2n) is 10.2. The third kappa shape index (κ3) is 2.45. The van der Waals surface area contributed by atoms with Crippen LogP contribution in [0.4, 0.5) is 4.39 Å². The number of fused-ring (bicyclic) bond motifs is 5. The van der Waals surface area contributed by atoms with Gasteiger partial charge in [-0.2, -0.15) is 0 Å². The number of pyridine rings is 2. The molecule has 3 heteroatoms. The zero-order chi connectivity index (χ0) is 22.4. The van der Waals surface area contributed by atoms with Gasteiger partial charge in [0.1, 0.15) is 12.9 Å². The van der Waals surface area contributed by atoms with E-state index < -0.39 is 0 Å². The molecular weight excluding hydrogens is 407 g/mol. The van der Waals surface area contributed by atoms with Gasteiger partial charge in [-0.1, -0.05) is 37.5 Å². The Morgan fingerprint density at radius 1 is 0.909 bits per heavy atom. The summed E-state index contributed by atoms with van der Waals surface area (Å²) in [5.74, 6) is 0.449. The number of hydrogen-bond acceptors (Lipinski definition) is 0. The molecule has 0 N–H and O–H groups in total. The Bertz CT molecular complexity index is 1730. The lowest BCUT2D eigenvalue weighted by Crippen LogP contribution is -2.29. The molecule has 2 nitrogen and oxygen atoms in total. The standard InChI is InChI=1S/C30H28FN2/c1-17-14-23-22-10-7-11-24(31)28(22)33-25-16-21(19-8-5-4-6-9-19)15-20-12-13-32(3)30(27(20)25)26(18(17)2)29(23)33/h7,10-16,19H,4-6,8-9H2,1-3H3/q+1. The summed E-state index contributed by atoms with van der Waals surface area (Å²) in [7, 11) is 2.14. The summed E-state index contributed by atoms with van der Waals surface area (Å²) in [6.45, 7) is 4.39. The van der Waals surface area contributed by atoms with Crippen LogP contribution >= 0.6 is 0 Å². The van der Waals surface area contributed by atoms with Gasteiger partial charge in [-0.3, -0.25) is 0 Å². The Labute approximate surface area is 192 Å². The van der Waals surface area contributed by atoms with Crippen molar-refractivity contribution in [2.75, 3.05) is 0 Å². The van der Waals surface area contributed by atoms with E-state index in [0.717, 1.165) is 21.8 Å². The van der Waals surface area contributed by atoms with Crippen molar-refractivity contribution in [1.29, 1.82) is 0 Å². The highest BCUT2D eigenvalue weighted by Crippen LogP contribution is 2.44. The van der Waals surface area contributed by atoms with Gasteiger partial charge < -0.3 is 4.40 Å². The Morgan fingerprint density at radius 3 is 2.55 bits per heavy atom. The largest absolute Gasteiger partial charge is 0.305 e. The van der Waals surface area contributed by atoms with Crippen LogP contribution in [0.5, 0.6) is 0 Å². The fourth-order valence-corrected chi connectivity index (χ4v) is 6.60. The van der Waals surface area contributed by atoms with Crippen LogP contribution in [-0.2, 0) is 7.05 Å². The number of para-hydroxylation sites is 1. The first-order valence-electron chi connectivity index (χ1n) is 12.2. The summed E-state index contributed by atoms with van der Waals surface area (Å²) in [6, 6.07) is 14.8. The molecule has 0 atom stereocenters. The Morgan fingerprint density at radius 2 is 1.73 bits per heavy atom. The number of halogens is 1. The molecule has 0 amide bonds. The molecule has 0 unspecified atom stereocenters. The minimum absolute atomic E-state index is 0.148. The van der Waals surface area contributed by atoms with E-state index in [4.69, 9.17) is 0 Å². The number of hydrogen-bond donors (Lipinski definition) is 0. The van der Waals surface area contributed by atoms with Crippen molar-refractivity contribution in [3.05, 3.63) is 71.2 Å². The predicted molar refractivity (Wildman–Crippen MR) is 135 cm³/mol. The predicted octanol–water partition coefficient (Wildman–Crippen LogP) is 7.62. The molecule has 7 rings (SSSR count). The van der Waals surface area contributed by atoms with Crippen molar-refractivity contribution in [1.82, 2.24) is 4.40 Å². The van der Waals surface area contributed by atoms with E-state index in [1.807, 2.05) is 6.07 Å². The second-order valence-corrected chi connectivity index (χ2v) is 10.2. The van der Waals surface area contributed by atoms with Crippen LogP contribution in [0.2, 0.25) is 0 Å². The quantitative estimate of drug-likeness (QED) is 0.143. The molecule has 6 aromatic rings. The van der Waals surface area contributed by atoms with Gasteiger partial charge in [0, 0.05) is 16.8 Å². The highest BCUT2D eigenvalue weighted by Gasteiger charge is 2.27. The molecule has 3 aromatic heterocycles. The molecule has 1 saturated carbocycles. The second kappa shape index (κ2) is 6.66. The number of nitrogens with zero attached hydrogens (tertiary/aromatic N) is 2. The zero-order valence-corrected chi connectivity index (χ0v) is 19.5. The molecular formula is C30H28FN2+. The SMILES string of the molecule is Cc1cc2c3cccc(F)c3n3c4cc(C5CCCCC5)cc5cc[n+](C)c(c(c1C)c23)c54. The van der Waals surface area contributed by atoms with Gasteiger partial charge >= 0.3 is 0 Å². The summed E-state index contributed by atoms with van der Waals surface area (Å²) >= 11 is 0. The lowest BCUT2D eigenvalue weighted by Gasteiger charge is -2.23. The van der Waals surface area contributed by atoms with E-state index in [2.05, 4.69) is 66.4 Å². The molecule has 164 valence electrons. The minimum Gasteiger partial charge on any atom is -0.305 e. The number of aryl methyl sites for hydroxylation is 3. The van der Waals surface area contributed by atoms with Gasteiger partial charge in [-0.15, -0.1) is 0 Å². The fourth-order valence-electron chi connectivity index (χ4n) is 6.60. The van der Waals surface area contributed by atoms with E-state index in [1.54, 1.807) is 6.07 Å². The average Bonchev–Trinajstić information content (AvgIpc) is 3.16. The van der Waals surface area contributed by atoms with Crippen molar-refractivity contribution in [2.24, 2.45) is 7.05 Å². The van der Waals surface area contributed by atoms with E-state index >= 15 is 4.39 Å². The first kappa shape index (κ1) is 19.3. The van der Waals surface area contributed by atoms with Crippen LogP contribution in [0, 0.1) is 19.7 Å². The van der Waals surface area contributed by atoms with Gasteiger partial charge in [-0.25, -0.2) is 8.96 Å². The van der Waals surface area contributed by atoms with Gasteiger partial charge in [0.15, 0.2) is 6.20 Å². The van der Waals surface area contributed by atoms with Gasteiger partial charge in [0.2, 0.25) is 5.52 Å². The summed E-state index contributed by atoms with van der Waals surface area (Å²) in [6.07, 6.45) is 8.65. The lowest BCUT2D eigenvalue weighted by molar-refractivity contribution is -0.643. The smallest absolute Gasteiger partial charge is 0.224 e. The first-order chi connectivity index (χ1) is 16.0. The third-order valence-electron chi connectivity index (χ3n) is 8.34. The number of rotatable bonds is 1. The van der Waals surface area contributed by atoms with E-state index in [-0.39, 0.29) is 5.82 Å². The summed E-state index contributed by atoms with van der Waals surface area (Å²) in [5.41, 5.74) is 8.18. The third-order valence-corrected chi connectivity index (χ3v) is 8.34. The molecule has 1 fully saturated rings. The maximum absolute atomic E-state index is 15.5. The van der Waals surface area contributed by atoms with Crippen LogP contribution in [0.15, 0.2) is 48.7 Å². The van der Waals surface area contributed by atoms with Crippen LogP contribution in [-0.4, -0.2) is 4.40 Å². The molecule has 0 bridgehead atoms. The van der Waals surface area contributed by atoms with Crippen molar-refractivity contribution < 1.29 is 8.96 Å². The Kier molecular flexibility index (Phi) is 3.89. The highest BCUT2D eigenvalue weighted by atomic mass is 19.1. The van der Waals surface area contributed by atoms with E-state index in [1.165, 1.54) is 70.5 Å². The maximum atomic E-state index is 15.5. The fraction of sp³-hybridized carbons (Fsp3) is 0.300. The van der Waals surface area contributed by atoms with Crippen LogP contribution < -0.4 is 4.57 Å². The average molecular weight is 436 g/mol. The monoisotopic (exact) mass is 435 g/mol. The Hall–Kier alpha value is -3.20. The van der Waals surface area contributed by atoms with Gasteiger partial charge in [0.05, 0.1) is 27.3 Å². The van der Waals surface area contributed by atoms with E-state index in [0.29, 0.717) is 11.4 Å². The van der Waals surface area contributed by atoms with Crippen LogP contribution in [0.25, 0.3) is 49.0 Å². The molecule has 1 aliphatic rings. The molecule has 1 aliphatic carbocycles. The molecule has 0 aliphatic heterocycles. The summed E-state index contributed by atoms with van der Waals surface area (Å²) in [4.78, 5) is 0. The maximum Gasteiger partial charge on any atom is 0.224 e. The van der Waals surface area contributed by atoms with Crippen molar-refractivity contribution in [3.8, 4) is 0 Å². The molecule has 0 spiro atoms. The topological polar surface area (TPSA) is 8.29 Å². The molecule has 0 radical (unpaired) electrons. The first-order valence-corrected chi connectivity index (χ1v) is 12.2. The van der Waals surface area contributed by atoms with Gasteiger partial charge in [-0.05, 0) is 72.9 Å². The van der Waals surface area contributed by atoms with Crippen molar-refractivity contribution >= 4 is 49.0 Å². The molecule has 3 aromatic carbocycles. The van der Waals surface area contributed by atoms with Crippen molar-refractivity contribution in [2.45, 2.75) is 51.9 Å². The number of benzene rings is 3. The minimum atomic E-state index is -0.148. The van der Waals surface area contributed by atoms with Crippen LogP contribution in [0.3, 0.4) is 0 Å². The lowest BCUT2D eigenvalue weighted by atomic mass is 9.83. The van der Waals surface area contributed by atoms with E-state index in [9.17, 15) is 0 Å².